The number of aromatic nitrogens is 1. The van der Waals surface area contributed by atoms with Crippen molar-refractivity contribution >= 4 is 5.82 Å². The lowest BCUT2D eigenvalue weighted by Gasteiger charge is -2.18. The number of nitrogens with one attached hydrogen (secondary N) is 1. The molecule has 16 heavy (non-hydrogen) atoms. The molecule has 0 atom stereocenters. The highest BCUT2D eigenvalue weighted by Gasteiger charge is 2.41. The van der Waals surface area contributed by atoms with Crippen molar-refractivity contribution in [1.82, 2.24) is 4.98 Å². The Balaban J connectivity index is 1.70. The van der Waals surface area contributed by atoms with Crippen LogP contribution in [0.1, 0.15) is 25.7 Å². The van der Waals surface area contributed by atoms with E-state index in [0.29, 0.717) is 6.04 Å². The van der Waals surface area contributed by atoms with E-state index in [2.05, 4.69) is 10.3 Å². The van der Waals surface area contributed by atoms with E-state index in [1.165, 1.54) is 25.7 Å². The van der Waals surface area contributed by atoms with Crippen LogP contribution in [0, 0.1) is 11.8 Å². The van der Waals surface area contributed by atoms with Crippen LogP contribution in [-0.4, -0.2) is 18.1 Å². The summed E-state index contributed by atoms with van der Waals surface area (Å²) >= 11 is 0. The van der Waals surface area contributed by atoms with Gasteiger partial charge in [-0.15, -0.1) is 0 Å². The first-order valence-electron chi connectivity index (χ1n) is 6.13. The molecule has 0 aromatic carbocycles. The number of methoxy groups -OCH3 is 1. The van der Waals surface area contributed by atoms with Gasteiger partial charge in [0, 0.05) is 18.3 Å². The normalized spacial score (nSPS) is 19.9. The molecule has 0 amide bonds. The monoisotopic (exact) mass is 218 g/mol. The summed E-state index contributed by atoms with van der Waals surface area (Å²) in [6.07, 6.45) is 7.35. The third kappa shape index (κ3) is 2.13. The first kappa shape index (κ1) is 9.94. The second-order valence-electron chi connectivity index (χ2n) is 4.93. The fourth-order valence-corrected chi connectivity index (χ4v) is 2.32. The second-order valence-corrected chi connectivity index (χ2v) is 4.93. The summed E-state index contributed by atoms with van der Waals surface area (Å²) in [7, 11) is 1.69. The van der Waals surface area contributed by atoms with Gasteiger partial charge in [-0.2, -0.15) is 0 Å². The molecule has 0 saturated heterocycles. The van der Waals surface area contributed by atoms with Crippen LogP contribution in [0.15, 0.2) is 18.3 Å². The first-order chi connectivity index (χ1) is 7.86. The largest absolute Gasteiger partial charge is 0.497 e. The third-order valence-corrected chi connectivity index (χ3v) is 3.54. The Hall–Kier alpha value is -1.25. The molecule has 86 valence electrons. The van der Waals surface area contributed by atoms with Crippen molar-refractivity contribution in [1.29, 1.82) is 0 Å². The van der Waals surface area contributed by atoms with Crippen LogP contribution in [0.25, 0.3) is 0 Å². The van der Waals surface area contributed by atoms with E-state index in [4.69, 9.17) is 4.74 Å². The molecule has 0 unspecified atom stereocenters. The second kappa shape index (κ2) is 3.96. The Bertz CT molecular complexity index is 360. The molecule has 0 spiro atoms. The highest BCUT2D eigenvalue weighted by molar-refractivity contribution is 5.42. The Morgan fingerprint density at radius 3 is 2.56 bits per heavy atom. The van der Waals surface area contributed by atoms with Gasteiger partial charge in [0.25, 0.3) is 0 Å². The zero-order valence-electron chi connectivity index (χ0n) is 9.65. The first-order valence-corrected chi connectivity index (χ1v) is 6.13. The molecule has 0 radical (unpaired) electrons. The molecular weight excluding hydrogens is 200 g/mol. The van der Waals surface area contributed by atoms with Crippen LogP contribution < -0.4 is 10.1 Å². The summed E-state index contributed by atoms with van der Waals surface area (Å²) in [5.74, 6) is 3.62. The minimum atomic E-state index is 0.652. The zero-order chi connectivity index (χ0) is 11.0. The summed E-state index contributed by atoms with van der Waals surface area (Å²) in [4.78, 5) is 4.36. The fourth-order valence-electron chi connectivity index (χ4n) is 2.32. The predicted molar refractivity (Wildman–Crippen MR) is 63.6 cm³/mol. The quantitative estimate of drug-likeness (QED) is 0.825. The zero-order valence-corrected chi connectivity index (χ0v) is 9.65. The number of nitrogens with zero attached hydrogens (tertiary/aromatic N) is 1. The Labute approximate surface area is 96.2 Å². The molecule has 1 heterocycles. The number of rotatable bonds is 5. The van der Waals surface area contributed by atoms with E-state index in [0.717, 1.165) is 23.4 Å². The lowest BCUT2D eigenvalue weighted by Crippen LogP contribution is -2.24. The van der Waals surface area contributed by atoms with Crippen LogP contribution in [0.3, 0.4) is 0 Å². The van der Waals surface area contributed by atoms with Crippen molar-refractivity contribution in [2.45, 2.75) is 31.7 Å². The van der Waals surface area contributed by atoms with Gasteiger partial charge in [0.1, 0.15) is 11.6 Å². The molecule has 0 bridgehead atoms. The summed E-state index contributed by atoms with van der Waals surface area (Å²) < 4.78 is 5.21. The fraction of sp³-hybridized carbons (Fsp3) is 0.615. The molecule has 2 fully saturated rings. The van der Waals surface area contributed by atoms with Crippen molar-refractivity contribution in [3.8, 4) is 5.75 Å². The minimum absolute atomic E-state index is 0.652. The van der Waals surface area contributed by atoms with Crippen molar-refractivity contribution in [2.75, 3.05) is 12.4 Å². The van der Waals surface area contributed by atoms with Gasteiger partial charge < -0.3 is 10.1 Å². The lowest BCUT2D eigenvalue weighted by atomic mass is 10.1. The Morgan fingerprint density at radius 2 is 2.00 bits per heavy atom. The summed E-state index contributed by atoms with van der Waals surface area (Å²) in [5.41, 5.74) is 0. The molecule has 0 aliphatic heterocycles. The van der Waals surface area contributed by atoms with Crippen LogP contribution in [0.4, 0.5) is 5.82 Å². The van der Waals surface area contributed by atoms with E-state index in [9.17, 15) is 0 Å². The van der Waals surface area contributed by atoms with Crippen LogP contribution in [0.2, 0.25) is 0 Å². The molecule has 3 rings (SSSR count). The maximum atomic E-state index is 5.21. The SMILES string of the molecule is COc1ccnc(NC(C2CC2)C2CC2)c1. The molecule has 2 aliphatic rings. The predicted octanol–water partition coefficient (Wildman–Crippen LogP) is 2.69. The molecule has 1 aromatic rings. The molecule has 3 heteroatoms. The van der Waals surface area contributed by atoms with Crippen molar-refractivity contribution in [2.24, 2.45) is 11.8 Å². The van der Waals surface area contributed by atoms with E-state index in [1.807, 2.05) is 12.1 Å². The van der Waals surface area contributed by atoms with Gasteiger partial charge in [0.05, 0.1) is 7.11 Å². The number of anilines is 1. The maximum Gasteiger partial charge on any atom is 0.129 e. The highest BCUT2D eigenvalue weighted by Crippen LogP contribution is 2.45. The Kier molecular flexibility index (Phi) is 2.46. The summed E-state index contributed by atoms with van der Waals surface area (Å²) in [5, 5.41) is 3.59. The molecule has 1 N–H and O–H groups in total. The van der Waals surface area contributed by atoms with Crippen molar-refractivity contribution in [3.05, 3.63) is 18.3 Å². The van der Waals surface area contributed by atoms with Gasteiger partial charge in [0.2, 0.25) is 0 Å². The van der Waals surface area contributed by atoms with Crippen molar-refractivity contribution < 1.29 is 4.74 Å². The van der Waals surface area contributed by atoms with Crippen LogP contribution >= 0.6 is 0 Å². The summed E-state index contributed by atoms with van der Waals surface area (Å²) in [6, 6.07) is 4.52. The van der Waals surface area contributed by atoms with Gasteiger partial charge in [-0.1, -0.05) is 0 Å². The van der Waals surface area contributed by atoms with Crippen LogP contribution in [0.5, 0.6) is 5.75 Å². The lowest BCUT2D eigenvalue weighted by molar-refractivity contribution is 0.414. The molecule has 2 aliphatic carbocycles. The Morgan fingerprint density at radius 1 is 1.31 bits per heavy atom. The molecule has 2 saturated carbocycles. The van der Waals surface area contributed by atoms with E-state index < -0.39 is 0 Å². The topological polar surface area (TPSA) is 34.1 Å². The van der Waals surface area contributed by atoms with E-state index >= 15 is 0 Å². The average molecular weight is 218 g/mol. The minimum Gasteiger partial charge on any atom is -0.497 e. The van der Waals surface area contributed by atoms with Gasteiger partial charge >= 0.3 is 0 Å². The van der Waals surface area contributed by atoms with Gasteiger partial charge in [-0.25, -0.2) is 4.98 Å². The average Bonchev–Trinajstić information content (AvgIpc) is 3.18. The van der Waals surface area contributed by atoms with Gasteiger partial charge in [-0.05, 0) is 43.6 Å². The van der Waals surface area contributed by atoms with Crippen molar-refractivity contribution in [3.63, 3.8) is 0 Å². The van der Waals surface area contributed by atoms with E-state index in [1.54, 1.807) is 13.3 Å². The highest BCUT2D eigenvalue weighted by atomic mass is 16.5. The van der Waals surface area contributed by atoms with Gasteiger partial charge in [0.15, 0.2) is 0 Å². The number of hydrogen-bond acceptors (Lipinski definition) is 3. The van der Waals surface area contributed by atoms with Crippen LogP contribution in [-0.2, 0) is 0 Å². The van der Waals surface area contributed by atoms with E-state index in [-0.39, 0.29) is 0 Å². The maximum absolute atomic E-state index is 5.21. The number of hydrogen-bond donors (Lipinski definition) is 1. The number of pyridine rings is 1. The summed E-state index contributed by atoms with van der Waals surface area (Å²) in [6.45, 7) is 0. The third-order valence-electron chi connectivity index (χ3n) is 3.54. The van der Waals surface area contributed by atoms with Gasteiger partial charge in [-0.3, -0.25) is 0 Å². The smallest absolute Gasteiger partial charge is 0.129 e. The molecule has 1 aromatic heterocycles. The molecule has 3 nitrogen and oxygen atoms in total. The standard InChI is InChI=1S/C13H18N2O/c1-16-11-6-7-14-12(8-11)15-13(9-2-3-9)10-4-5-10/h6-10,13H,2-5H2,1H3,(H,14,15). The molecular formula is C13H18N2O. The number of ether oxygens (including phenoxy) is 1.